The fourth-order valence-corrected chi connectivity index (χ4v) is 4.59. The number of halogens is 1. The number of nitrogens with one attached hydrogen (secondary N) is 1. The quantitative estimate of drug-likeness (QED) is 0.667. The number of fused-ring (bicyclic) bond motifs is 1. The molecule has 0 fully saturated rings. The van der Waals surface area contributed by atoms with E-state index in [0.29, 0.717) is 49.6 Å². The second kappa shape index (κ2) is 12.3. The molecule has 9 heteroatoms. The predicted octanol–water partition coefficient (Wildman–Crippen LogP) is 4.04. The molecule has 2 heterocycles. The van der Waals surface area contributed by atoms with Crippen molar-refractivity contribution in [3.05, 3.63) is 46.2 Å². The standard InChI is InChI=1S/C26H37ClN6O2/c1-18(2)31-11-6-12-33(21(5)34)24-16-23(27)8-7-22(24)17-32(14-13-31)25(35)9-10-28-26-29-19(3)15-20(4)30-26/h7-8,15-16,18H,6,9-14,17H2,1-5H3,(H,28,29,30). The van der Waals surface area contributed by atoms with E-state index in [1.165, 1.54) is 0 Å². The molecule has 0 saturated heterocycles. The lowest BCUT2D eigenvalue weighted by molar-refractivity contribution is -0.131. The van der Waals surface area contributed by atoms with Crippen LogP contribution in [-0.2, 0) is 16.1 Å². The lowest BCUT2D eigenvalue weighted by Crippen LogP contribution is -2.41. The first-order valence-electron chi connectivity index (χ1n) is 12.3. The van der Waals surface area contributed by atoms with E-state index >= 15 is 0 Å². The van der Waals surface area contributed by atoms with Gasteiger partial charge in [0.05, 0.1) is 5.69 Å². The highest BCUT2D eigenvalue weighted by Crippen LogP contribution is 2.27. The molecule has 0 bridgehead atoms. The fourth-order valence-electron chi connectivity index (χ4n) is 4.42. The number of hydrogen-bond donors (Lipinski definition) is 1. The van der Waals surface area contributed by atoms with E-state index in [1.807, 2.05) is 43.0 Å². The number of anilines is 2. The zero-order chi connectivity index (χ0) is 25.5. The van der Waals surface area contributed by atoms with Gasteiger partial charge in [-0.2, -0.15) is 0 Å². The molecule has 1 aromatic heterocycles. The summed E-state index contributed by atoms with van der Waals surface area (Å²) in [5.74, 6) is 0.551. The minimum atomic E-state index is -0.0283. The second-order valence-electron chi connectivity index (χ2n) is 9.39. The van der Waals surface area contributed by atoms with E-state index in [9.17, 15) is 9.59 Å². The van der Waals surface area contributed by atoms with E-state index < -0.39 is 0 Å². The van der Waals surface area contributed by atoms with Gasteiger partial charge in [0.15, 0.2) is 0 Å². The minimum Gasteiger partial charge on any atom is -0.354 e. The maximum atomic E-state index is 13.4. The molecule has 0 atom stereocenters. The molecular weight excluding hydrogens is 464 g/mol. The molecule has 8 nitrogen and oxygen atoms in total. The van der Waals surface area contributed by atoms with Crippen LogP contribution in [0, 0.1) is 13.8 Å². The zero-order valence-corrected chi connectivity index (χ0v) is 22.2. The van der Waals surface area contributed by atoms with Crippen molar-refractivity contribution in [2.45, 2.75) is 60.0 Å². The van der Waals surface area contributed by atoms with Crippen LogP contribution in [0.3, 0.4) is 0 Å². The first-order chi connectivity index (χ1) is 16.6. The summed E-state index contributed by atoms with van der Waals surface area (Å²) in [6.45, 7) is 13.5. The van der Waals surface area contributed by atoms with Crippen molar-refractivity contribution < 1.29 is 9.59 Å². The summed E-state index contributed by atoms with van der Waals surface area (Å²) >= 11 is 6.31. The van der Waals surface area contributed by atoms with Gasteiger partial charge in [0.25, 0.3) is 0 Å². The molecule has 2 amide bonds. The molecular formula is C26H37ClN6O2. The molecule has 1 N–H and O–H groups in total. The maximum Gasteiger partial charge on any atom is 0.224 e. The van der Waals surface area contributed by atoms with Gasteiger partial charge >= 0.3 is 0 Å². The first kappa shape index (κ1) is 26.9. The molecule has 2 aromatic rings. The highest BCUT2D eigenvalue weighted by atomic mass is 35.5. The topological polar surface area (TPSA) is 81.7 Å². The van der Waals surface area contributed by atoms with Crippen molar-refractivity contribution in [3.8, 4) is 0 Å². The molecule has 3 rings (SSSR count). The van der Waals surface area contributed by atoms with Crippen LogP contribution >= 0.6 is 11.6 Å². The zero-order valence-electron chi connectivity index (χ0n) is 21.5. The molecule has 35 heavy (non-hydrogen) atoms. The van der Waals surface area contributed by atoms with Crippen molar-refractivity contribution in [2.75, 3.05) is 42.9 Å². The number of aryl methyl sites for hydroxylation is 2. The molecule has 1 aliphatic rings. The Hall–Kier alpha value is -2.71. The molecule has 1 aromatic carbocycles. The largest absolute Gasteiger partial charge is 0.354 e. The number of carbonyl (C=O) groups is 2. The Morgan fingerprint density at radius 1 is 1.06 bits per heavy atom. The molecule has 0 spiro atoms. The number of amides is 2. The Bertz CT molecular complexity index is 1020. The Morgan fingerprint density at radius 3 is 2.43 bits per heavy atom. The molecule has 0 radical (unpaired) electrons. The van der Waals surface area contributed by atoms with Crippen LogP contribution in [0.1, 0.15) is 50.6 Å². The van der Waals surface area contributed by atoms with Crippen LogP contribution in [0.5, 0.6) is 0 Å². The van der Waals surface area contributed by atoms with Crippen molar-refractivity contribution in [1.82, 2.24) is 19.8 Å². The van der Waals surface area contributed by atoms with Gasteiger partial charge in [0.2, 0.25) is 17.8 Å². The Labute approximate surface area is 213 Å². The van der Waals surface area contributed by atoms with E-state index in [1.54, 1.807) is 11.8 Å². The summed E-state index contributed by atoms with van der Waals surface area (Å²) < 4.78 is 0. The van der Waals surface area contributed by atoms with Crippen LogP contribution in [0.15, 0.2) is 24.3 Å². The molecule has 0 aliphatic carbocycles. The van der Waals surface area contributed by atoms with Crippen LogP contribution in [0.4, 0.5) is 11.6 Å². The normalized spacial score (nSPS) is 15.5. The van der Waals surface area contributed by atoms with Crippen molar-refractivity contribution in [1.29, 1.82) is 0 Å². The monoisotopic (exact) mass is 500 g/mol. The van der Waals surface area contributed by atoms with Gasteiger partial charge in [-0.25, -0.2) is 9.97 Å². The van der Waals surface area contributed by atoms with E-state index in [-0.39, 0.29) is 11.8 Å². The number of carbonyl (C=O) groups excluding carboxylic acids is 2. The summed E-state index contributed by atoms with van der Waals surface area (Å²) in [4.78, 5) is 40.7. The van der Waals surface area contributed by atoms with Gasteiger partial charge in [-0.1, -0.05) is 17.7 Å². The van der Waals surface area contributed by atoms with E-state index in [2.05, 4.69) is 34.0 Å². The number of benzene rings is 1. The third-order valence-electron chi connectivity index (χ3n) is 6.25. The fraction of sp³-hybridized carbons (Fsp3) is 0.538. The van der Waals surface area contributed by atoms with Gasteiger partial charge in [-0.3, -0.25) is 14.5 Å². The molecule has 190 valence electrons. The highest BCUT2D eigenvalue weighted by Gasteiger charge is 2.23. The van der Waals surface area contributed by atoms with Crippen LogP contribution in [0.25, 0.3) is 0 Å². The third-order valence-corrected chi connectivity index (χ3v) is 6.49. The maximum absolute atomic E-state index is 13.4. The Balaban J connectivity index is 1.81. The highest BCUT2D eigenvalue weighted by molar-refractivity contribution is 6.31. The van der Waals surface area contributed by atoms with E-state index in [4.69, 9.17) is 11.6 Å². The molecule has 0 unspecified atom stereocenters. The van der Waals surface area contributed by atoms with Crippen molar-refractivity contribution in [2.24, 2.45) is 0 Å². The van der Waals surface area contributed by atoms with Crippen LogP contribution in [0.2, 0.25) is 5.02 Å². The molecule has 1 aliphatic heterocycles. The second-order valence-corrected chi connectivity index (χ2v) is 9.83. The van der Waals surface area contributed by atoms with Gasteiger partial charge in [0.1, 0.15) is 0 Å². The number of aromatic nitrogens is 2. The average molecular weight is 501 g/mol. The average Bonchev–Trinajstić information content (AvgIpc) is 2.80. The summed E-state index contributed by atoms with van der Waals surface area (Å²) in [6.07, 6.45) is 1.16. The summed E-state index contributed by atoms with van der Waals surface area (Å²) in [5.41, 5.74) is 3.47. The smallest absolute Gasteiger partial charge is 0.224 e. The van der Waals surface area contributed by atoms with Gasteiger partial charge in [-0.15, -0.1) is 0 Å². The van der Waals surface area contributed by atoms with Gasteiger partial charge in [0, 0.05) is 75.1 Å². The summed E-state index contributed by atoms with van der Waals surface area (Å²) in [5, 5.41) is 3.76. The van der Waals surface area contributed by atoms with Crippen molar-refractivity contribution >= 4 is 35.1 Å². The first-order valence-corrected chi connectivity index (χ1v) is 12.7. The van der Waals surface area contributed by atoms with Crippen LogP contribution < -0.4 is 10.2 Å². The lowest BCUT2D eigenvalue weighted by atomic mass is 10.1. The minimum absolute atomic E-state index is 0.0283. The summed E-state index contributed by atoms with van der Waals surface area (Å²) in [7, 11) is 0. The van der Waals surface area contributed by atoms with Gasteiger partial charge < -0.3 is 15.1 Å². The Morgan fingerprint density at radius 2 is 1.77 bits per heavy atom. The van der Waals surface area contributed by atoms with E-state index in [0.717, 1.165) is 42.1 Å². The van der Waals surface area contributed by atoms with Crippen molar-refractivity contribution in [3.63, 3.8) is 0 Å². The third kappa shape index (κ3) is 7.64. The van der Waals surface area contributed by atoms with Crippen LogP contribution in [-0.4, -0.2) is 70.3 Å². The number of rotatable bonds is 5. The summed E-state index contributed by atoms with van der Waals surface area (Å²) in [6, 6.07) is 7.84. The predicted molar refractivity (Wildman–Crippen MR) is 141 cm³/mol. The SMILES string of the molecule is CC(=O)N1CCCN(C(C)C)CCN(C(=O)CCNc2nc(C)cc(C)n2)Cc2ccc(Cl)cc21. The molecule has 0 saturated carbocycles. The lowest BCUT2D eigenvalue weighted by Gasteiger charge is -2.30. The Kier molecular flexibility index (Phi) is 9.46. The number of hydrogen-bond acceptors (Lipinski definition) is 6. The van der Waals surface area contributed by atoms with Gasteiger partial charge in [-0.05, 0) is 57.9 Å². The number of nitrogens with zero attached hydrogens (tertiary/aromatic N) is 5.